The van der Waals surface area contributed by atoms with Gasteiger partial charge in [-0.05, 0) is 30.5 Å². The van der Waals surface area contributed by atoms with Crippen LogP contribution >= 0.6 is 0 Å². The summed E-state index contributed by atoms with van der Waals surface area (Å²) in [5.41, 5.74) is 0. The van der Waals surface area contributed by atoms with E-state index in [1.165, 1.54) is 6.92 Å². The first-order valence-corrected chi connectivity index (χ1v) is 6.44. The van der Waals surface area contributed by atoms with Crippen LogP contribution in [0.25, 0.3) is 10.8 Å². The Hall–Kier alpha value is -2.18. The summed E-state index contributed by atoms with van der Waals surface area (Å²) in [6.07, 6.45) is -3.59. The third kappa shape index (κ3) is 2.96. The van der Waals surface area contributed by atoms with E-state index in [1.807, 2.05) is 0 Å². The fraction of sp³-hybridized carbons (Fsp3) is 0.357. The van der Waals surface area contributed by atoms with Gasteiger partial charge in [-0.15, -0.1) is 0 Å². The predicted octanol–water partition coefficient (Wildman–Crippen LogP) is 3.72. The highest BCUT2D eigenvalue weighted by atomic mass is 19.4. The fourth-order valence-electron chi connectivity index (χ4n) is 2.31. The molecule has 1 aromatic heterocycles. The van der Waals surface area contributed by atoms with E-state index in [1.54, 1.807) is 24.4 Å². The predicted molar refractivity (Wildman–Crippen MR) is 71.6 cm³/mol. The summed E-state index contributed by atoms with van der Waals surface area (Å²) in [4.78, 5) is 4.13. The van der Waals surface area contributed by atoms with Crippen molar-refractivity contribution in [2.45, 2.75) is 25.6 Å². The maximum Gasteiger partial charge on any atom is 0.391 e. The van der Waals surface area contributed by atoms with Crippen LogP contribution < -0.4 is 14.8 Å². The number of rotatable bonds is 3. The molecule has 4 nitrogen and oxygen atoms in total. The molecule has 0 amide bonds. The summed E-state index contributed by atoms with van der Waals surface area (Å²) >= 11 is 0. The molecule has 7 heteroatoms. The van der Waals surface area contributed by atoms with Crippen molar-refractivity contribution in [2.24, 2.45) is 0 Å². The Kier molecular flexibility index (Phi) is 3.27. The zero-order valence-corrected chi connectivity index (χ0v) is 11.2. The van der Waals surface area contributed by atoms with Crippen LogP contribution in [0.1, 0.15) is 13.3 Å². The lowest BCUT2D eigenvalue weighted by atomic mass is 10.1. The number of halogens is 3. The first kappa shape index (κ1) is 13.8. The van der Waals surface area contributed by atoms with Gasteiger partial charge in [-0.2, -0.15) is 13.2 Å². The molecule has 1 atom stereocenters. The van der Waals surface area contributed by atoms with Crippen LogP contribution in [0.3, 0.4) is 0 Å². The molecule has 0 bridgehead atoms. The average Bonchev–Trinajstić information content (AvgIpc) is 2.81. The fourth-order valence-corrected chi connectivity index (χ4v) is 2.31. The van der Waals surface area contributed by atoms with Gasteiger partial charge >= 0.3 is 6.18 Å². The number of pyridine rings is 1. The highest BCUT2D eigenvalue weighted by Gasteiger charge is 2.30. The molecule has 0 fully saturated rings. The zero-order chi connectivity index (χ0) is 15.0. The molecule has 1 aliphatic heterocycles. The maximum atomic E-state index is 12.4. The number of benzene rings is 1. The van der Waals surface area contributed by atoms with Gasteiger partial charge in [-0.1, -0.05) is 0 Å². The first-order valence-electron chi connectivity index (χ1n) is 6.44. The van der Waals surface area contributed by atoms with Crippen molar-refractivity contribution in [1.29, 1.82) is 0 Å². The molecule has 0 saturated heterocycles. The minimum atomic E-state index is -4.21. The second kappa shape index (κ2) is 4.98. The zero-order valence-electron chi connectivity index (χ0n) is 11.2. The average molecular weight is 298 g/mol. The quantitative estimate of drug-likeness (QED) is 0.938. The summed E-state index contributed by atoms with van der Waals surface area (Å²) < 4.78 is 47.8. The summed E-state index contributed by atoms with van der Waals surface area (Å²) in [6.45, 7) is 1.62. The van der Waals surface area contributed by atoms with Crippen LogP contribution in [0, 0.1) is 0 Å². The molecule has 1 aromatic carbocycles. The van der Waals surface area contributed by atoms with E-state index in [-0.39, 0.29) is 6.79 Å². The number of nitrogens with zero attached hydrogens (tertiary/aromatic N) is 1. The molecule has 0 aliphatic carbocycles. The molecule has 0 radical (unpaired) electrons. The van der Waals surface area contributed by atoms with E-state index in [9.17, 15) is 13.2 Å². The van der Waals surface area contributed by atoms with Crippen molar-refractivity contribution in [1.82, 2.24) is 4.98 Å². The van der Waals surface area contributed by atoms with E-state index in [0.29, 0.717) is 22.7 Å². The lowest BCUT2D eigenvalue weighted by Crippen LogP contribution is -2.24. The van der Waals surface area contributed by atoms with Crippen LogP contribution in [0.15, 0.2) is 24.4 Å². The van der Waals surface area contributed by atoms with Crippen LogP contribution in [-0.4, -0.2) is 24.0 Å². The van der Waals surface area contributed by atoms with Gasteiger partial charge in [0, 0.05) is 17.6 Å². The molecule has 0 spiro atoms. The number of alkyl halides is 3. The van der Waals surface area contributed by atoms with Crippen molar-refractivity contribution in [3.05, 3.63) is 24.4 Å². The lowest BCUT2D eigenvalue weighted by molar-refractivity contribution is -0.136. The SMILES string of the molecule is CC(CC(F)(F)F)Nc1nccc2cc3c(cc12)OCO3. The van der Waals surface area contributed by atoms with Gasteiger partial charge in [-0.25, -0.2) is 4.98 Å². The Balaban J connectivity index is 1.92. The van der Waals surface area contributed by atoms with E-state index < -0.39 is 18.6 Å². The lowest BCUT2D eigenvalue weighted by Gasteiger charge is -2.17. The molecule has 1 N–H and O–H groups in total. The minimum absolute atomic E-state index is 0.145. The van der Waals surface area contributed by atoms with E-state index >= 15 is 0 Å². The smallest absolute Gasteiger partial charge is 0.391 e. The van der Waals surface area contributed by atoms with Gasteiger partial charge in [0.15, 0.2) is 11.5 Å². The van der Waals surface area contributed by atoms with Gasteiger partial charge < -0.3 is 14.8 Å². The largest absolute Gasteiger partial charge is 0.454 e. The summed E-state index contributed by atoms with van der Waals surface area (Å²) in [6, 6.07) is 4.52. The molecule has 0 saturated carbocycles. The van der Waals surface area contributed by atoms with Crippen molar-refractivity contribution < 1.29 is 22.6 Å². The monoisotopic (exact) mass is 298 g/mol. The molecule has 112 valence electrons. The Morgan fingerprint density at radius 2 is 2.00 bits per heavy atom. The standard InChI is InChI=1S/C14H13F3N2O2/c1-8(6-14(15,16)17)19-13-10-5-12-11(20-7-21-12)4-9(10)2-3-18-13/h2-5,8H,6-7H2,1H3,(H,18,19). The Morgan fingerprint density at radius 1 is 1.29 bits per heavy atom. The summed E-state index contributed by atoms with van der Waals surface area (Å²) in [5.74, 6) is 1.60. The Labute approximate surface area is 118 Å². The number of aromatic nitrogens is 1. The number of hydrogen-bond donors (Lipinski definition) is 1. The number of ether oxygens (including phenoxy) is 2. The molecule has 21 heavy (non-hydrogen) atoms. The second-order valence-electron chi connectivity index (χ2n) is 4.95. The van der Waals surface area contributed by atoms with Gasteiger partial charge in [0.05, 0.1) is 6.42 Å². The van der Waals surface area contributed by atoms with Crippen LogP contribution in [0.4, 0.5) is 19.0 Å². The van der Waals surface area contributed by atoms with Crippen molar-refractivity contribution in [2.75, 3.05) is 12.1 Å². The third-order valence-corrected chi connectivity index (χ3v) is 3.18. The van der Waals surface area contributed by atoms with Crippen molar-refractivity contribution in [3.63, 3.8) is 0 Å². The minimum Gasteiger partial charge on any atom is -0.454 e. The van der Waals surface area contributed by atoms with Gasteiger partial charge in [0.25, 0.3) is 0 Å². The van der Waals surface area contributed by atoms with Crippen molar-refractivity contribution in [3.8, 4) is 11.5 Å². The molecule has 3 rings (SSSR count). The summed E-state index contributed by atoms with van der Waals surface area (Å²) in [7, 11) is 0. The highest BCUT2D eigenvalue weighted by molar-refractivity contribution is 5.94. The molecular weight excluding hydrogens is 285 g/mol. The maximum absolute atomic E-state index is 12.4. The van der Waals surface area contributed by atoms with Gasteiger partial charge in [-0.3, -0.25) is 0 Å². The second-order valence-corrected chi connectivity index (χ2v) is 4.95. The molecule has 1 unspecified atom stereocenters. The molecule has 1 aliphatic rings. The van der Waals surface area contributed by atoms with E-state index in [4.69, 9.17) is 9.47 Å². The number of fused-ring (bicyclic) bond motifs is 2. The normalized spacial score (nSPS) is 15.2. The topological polar surface area (TPSA) is 43.4 Å². The number of hydrogen-bond acceptors (Lipinski definition) is 4. The van der Waals surface area contributed by atoms with E-state index in [2.05, 4.69) is 10.3 Å². The molecule has 2 aromatic rings. The highest BCUT2D eigenvalue weighted by Crippen LogP contribution is 2.38. The Bertz CT molecular complexity index is 673. The number of nitrogens with one attached hydrogen (secondary N) is 1. The Morgan fingerprint density at radius 3 is 2.71 bits per heavy atom. The van der Waals surface area contributed by atoms with Gasteiger partial charge in [0.1, 0.15) is 5.82 Å². The third-order valence-electron chi connectivity index (χ3n) is 3.18. The first-order chi connectivity index (χ1) is 9.92. The van der Waals surface area contributed by atoms with Crippen LogP contribution in [0.5, 0.6) is 11.5 Å². The molecule has 2 heterocycles. The van der Waals surface area contributed by atoms with E-state index in [0.717, 1.165) is 5.39 Å². The van der Waals surface area contributed by atoms with Gasteiger partial charge in [0.2, 0.25) is 6.79 Å². The van der Waals surface area contributed by atoms with Crippen LogP contribution in [0.2, 0.25) is 0 Å². The van der Waals surface area contributed by atoms with Crippen LogP contribution in [-0.2, 0) is 0 Å². The summed E-state index contributed by atoms with van der Waals surface area (Å²) in [5, 5.41) is 4.34. The molecular formula is C14H13F3N2O2. The van der Waals surface area contributed by atoms with Crippen molar-refractivity contribution >= 4 is 16.6 Å². The number of anilines is 1.